The van der Waals surface area contributed by atoms with Gasteiger partial charge in [-0.15, -0.1) is 11.3 Å². The Morgan fingerprint density at radius 2 is 2.19 bits per heavy atom. The molecule has 1 atom stereocenters. The number of likely N-dealkylation sites (N-methyl/N-ethyl adjacent to an activating group) is 1. The molecule has 1 aromatic rings. The van der Waals surface area contributed by atoms with Crippen LogP contribution in [0.5, 0.6) is 0 Å². The highest BCUT2D eigenvalue weighted by Gasteiger charge is 2.16. The van der Waals surface area contributed by atoms with Crippen molar-refractivity contribution in [3.8, 4) is 0 Å². The van der Waals surface area contributed by atoms with Crippen molar-refractivity contribution in [1.82, 2.24) is 5.32 Å². The van der Waals surface area contributed by atoms with Gasteiger partial charge in [-0.3, -0.25) is 0 Å². The second-order valence-electron chi connectivity index (χ2n) is 3.46. The van der Waals surface area contributed by atoms with Crippen molar-refractivity contribution in [3.05, 3.63) is 20.3 Å². The maximum Gasteiger partial charge on any atom is 0.0992 e. The van der Waals surface area contributed by atoms with Gasteiger partial charge in [-0.05, 0) is 19.0 Å². The summed E-state index contributed by atoms with van der Waals surface area (Å²) in [6.45, 7) is 6.45. The lowest BCUT2D eigenvalue weighted by atomic mass is 10.1. The van der Waals surface area contributed by atoms with E-state index in [0.29, 0.717) is 6.61 Å². The van der Waals surface area contributed by atoms with E-state index in [9.17, 15) is 0 Å². The Labute approximate surface area is 111 Å². The fourth-order valence-electron chi connectivity index (χ4n) is 1.44. The number of hydrogen-bond acceptors (Lipinski definition) is 3. The molecule has 2 nitrogen and oxygen atoms in total. The van der Waals surface area contributed by atoms with Gasteiger partial charge in [0.05, 0.1) is 21.3 Å². The second kappa shape index (κ2) is 7.51. The lowest BCUT2D eigenvalue weighted by Gasteiger charge is -2.17. The fourth-order valence-corrected chi connectivity index (χ4v) is 3.02. The van der Waals surface area contributed by atoms with Gasteiger partial charge in [-0.25, -0.2) is 0 Å². The number of hydrogen-bond donors (Lipinski definition) is 1. The van der Waals surface area contributed by atoms with Crippen molar-refractivity contribution in [2.45, 2.75) is 26.3 Å². The highest BCUT2D eigenvalue weighted by molar-refractivity contribution is 7.20. The van der Waals surface area contributed by atoms with E-state index in [-0.39, 0.29) is 6.04 Å². The van der Waals surface area contributed by atoms with Gasteiger partial charge in [-0.2, -0.15) is 0 Å². The average molecular weight is 282 g/mol. The van der Waals surface area contributed by atoms with Crippen LogP contribution in [-0.2, 0) is 4.74 Å². The maximum absolute atomic E-state index is 6.13. The Morgan fingerprint density at radius 1 is 1.44 bits per heavy atom. The normalized spacial score (nSPS) is 13.0. The zero-order valence-electron chi connectivity index (χ0n) is 9.56. The van der Waals surface area contributed by atoms with Crippen molar-refractivity contribution in [2.75, 3.05) is 19.8 Å². The molecule has 0 aromatic carbocycles. The molecule has 0 aliphatic carbocycles. The molecule has 0 spiro atoms. The molecule has 1 rings (SSSR count). The van der Waals surface area contributed by atoms with Crippen LogP contribution >= 0.6 is 34.5 Å². The van der Waals surface area contributed by atoms with Crippen LogP contribution in [-0.4, -0.2) is 19.8 Å². The smallest absolute Gasteiger partial charge is 0.0992 e. The summed E-state index contributed by atoms with van der Waals surface area (Å²) in [4.78, 5) is 0. The van der Waals surface area contributed by atoms with Crippen LogP contribution in [0.2, 0.25) is 8.67 Å². The SMILES string of the molecule is CCCOCC(NCC)c1cc(Cl)sc1Cl. The van der Waals surface area contributed by atoms with Gasteiger partial charge >= 0.3 is 0 Å². The molecule has 16 heavy (non-hydrogen) atoms. The van der Waals surface area contributed by atoms with E-state index in [2.05, 4.69) is 19.2 Å². The summed E-state index contributed by atoms with van der Waals surface area (Å²) in [6.07, 6.45) is 1.02. The minimum Gasteiger partial charge on any atom is -0.379 e. The molecule has 0 amide bonds. The molecule has 1 aromatic heterocycles. The van der Waals surface area contributed by atoms with Gasteiger partial charge < -0.3 is 10.1 Å². The lowest BCUT2D eigenvalue weighted by Crippen LogP contribution is -2.25. The van der Waals surface area contributed by atoms with Gasteiger partial charge in [0.2, 0.25) is 0 Å². The van der Waals surface area contributed by atoms with E-state index in [1.807, 2.05) is 6.07 Å². The molecule has 5 heteroatoms. The number of ether oxygens (including phenoxy) is 1. The average Bonchev–Trinajstić information content (AvgIpc) is 2.57. The first kappa shape index (κ1) is 14.3. The summed E-state index contributed by atoms with van der Waals surface area (Å²) in [5.74, 6) is 0. The third-order valence-corrected chi connectivity index (χ3v) is 3.66. The summed E-state index contributed by atoms with van der Waals surface area (Å²) < 4.78 is 7.02. The largest absolute Gasteiger partial charge is 0.379 e. The Kier molecular flexibility index (Phi) is 6.70. The second-order valence-corrected chi connectivity index (χ2v) is 5.75. The minimum atomic E-state index is 0.132. The molecule has 92 valence electrons. The lowest BCUT2D eigenvalue weighted by molar-refractivity contribution is 0.112. The van der Waals surface area contributed by atoms with E-state index in [4.69, 9.17) is 27.9 Å². The van der Waals surface area contributed by atoms with Crippen molar-refractivity contribution in [2.24, 2.45) is 0 Å². The van der Waals surface area contributed by atoms with Gasteiger partial charge in [0.1, 0.15) is 0 Å². The number of rotatable bonds is 7. The predicted molar refractivity (Wildman–Crippen MR) is 71.9 cm³/mol. The van der Waals surface area contributed by atoms with Crippen LogP contribution in [0.1, 0.15) is 31.9 Å². The molecule has 1 N–H and O–H groups in total. The first-order valence-corrected chi connectivity index (χ1v) is 7.02. The molecule has 1 heterocycles. The van der Waals surface area contributed by atoms with E-state index < -0.39 is 0 Å². The quantitative estimate of drug-likeness (QED) is 0.759. The fraction of sp³-hybridized carbons (Fsp3) is 0.636. The standard InChI is InChI=1S/C11H17Cl2NOS/c1-3-5-15-7-9(14-4-2)8-6-10(12)16-11(8)13/h6,9,14H,3-5,7H2,1-2H3. The monoisotopic (exact) mass is 281 g/mol. The molecule has 0 aliphatic heterocycles. The Hall–Kier alpha value is 0.200. The summed E-state index contributed by atoms with van der Waals surface area (Å²) in [5.41, 5.74) is 1.04. The zero-order valence-corrected chi connectivity index (χ0v) is 11.9. The Balaban J connectivity index is 2.64. The first-order valence-electron chi connectivity index (χ1n) is 5.44. The highest BCUT2D eigenvalue weighted by Crippen LogP contribution is 2.35. The van der Waals surface area contributed by atoms with Gasteiger partial charge in [0.25, 0.3) is 0 Å². The van der Waals surface area contributed by atoms with E-state index >= 15 is 0 Å². The predicted octanol–water partition coefficient (Wildman–Crippen LogP) is 4.13. The van der Waals surface area contributed by atoms with Gasteiger partial charge in [0.15, 0.2) is 0 Å². The van der Waals surface area contributed by atoms with Crippen molar-refractivity contribution < 1.29 is 4.74 Å². The molecule has 0 saturated carbocycles. The number of halogens is 2. The van der Waals surface area contributed by atoms with E-state index in [0.717, 1.165) is 33.8 Å². The van der Waals surface area contributed by atoms with E-state index in [1.165, 1.54) is 11.3 Å². The summed E-state index contributed by atoms with van der Waals surface area (Å²) in [6, 6.07) is 2.05. The molecule has 0 fully saturated rings. The molecular formula is C11H17Cl2NOS. The van der Waals surface area contributed by atoms with Crippen LogP contribution < -0.4 is 5.32 Å². The van der Waals surface area contributed by atoms with Crippen LogP contribution in [0.4, 0.5) is 0 Å². The van der Waals surface area contributed by atoms with Gasteiger partial charge in [0, 0.05) is 12.2 Å². The molecule has 0 radical (unpaired) electrons. The summed E-state index contributed by atoms with van der Waals surface area (Å²) in [7, 11) is 0. The summed E-state index contributed by atoms with van der Waals surface area (Å²) >= 11 is 13.5. The zero-order chi connectivity index (χ0) is 12.0. The first-order chi connectivity index (χ1) is 7.69. The third kappa shape index (κ3) is 4.22. The van der Waals surface area contributed by atoms with Gasteiger partial charge in [-0.1, -0.05) is 37.0 Å². The van der Waals surface area contributed by atoms with Crippen LogP contribution in [0, 0.1) is 0 Å². The summed E-state index contributed by atoms with van der Waals surface area (Å²) in [5, 5.41) is 3.35. The van der Waals surface area contributed by atoms with Crippen molar-refractivity contribution in [3.63, 3.8) is 0 Å². The van der Waals surface area contributed by atoms with Crippen LogP contribution in [0.25, 0.3) is 0 Å². The van der Waals surface area contributed by atoms with Crippen molar-refractivity contribution in [1.29, 1.82) is 0 Å². The molecule has 0 saturated heterocycles. The van der Waals surface area contributed by atoms with Crippen LogP contribution in [0.3, 0.4) is 0 Å². The minimum absolute atomic E-state index is 0.132. The maximum atomic E-state index is 6.13. The molecule has 1 unspecified atom stereocenters. The topological polar surface area (TPSA) is 21.3 Å². The van der Waals surface area contributed by atoms with Crippen LogP contribution in [0.15, 0.2) is 6.07 Å². The van der Waals surface area contributed by atoms with Crippen molar-refractivity contribution >= 4 is 34.5 Å². The molecule has 0 aliphatic rings. The third-order valence-electron chi connectivity index (χ3n) is 2.14. The Bertz CT molecular complexity index is 317. The number of thiophene rings is 1. The Morgan fingerprint density at radius 3 is 2.69 bits per heavy atom. The molecule has 0 bridgehead atoms. The molecular weight excluding hydrogens is 265 g/mol. The number of nitrogens with one attached hydrogen (secondary N) is 1. The van der Waals surface area contributed by atoms with E-state index in [1.54, 1.807) is 0 Å². The highest BCUT2D eigenvalue weighted by atomic mass is 35.5.